The summed E-state index contributed by atoms with van der Waals surface area (Å²) in [5, 5.41) is 2.86. The fraction of sp³-hybridized carbons (Fsp3) is 0.222. The number of aliphatic imine (C=N–C) groups is 1. The van der Waals surface area contributed by atoms with Crippen molar-refractivity contribution in [1.29, 1.82) is 0 Å². The van der Waals surface area contributed by atoms with Gasteiger partial charge < -0.3 is 10.1 Å². The molecule has 0 saturated heterocycles. The first-order valence-corrected chi connectivity index (χ1v) is 9.65. The first-order chi connectivity index (χ1) is 11.8. The second-order valence-electron chi connectivity index (χ2n) is 5.10. The maximum absolute atomic E-state index is 11.9. The number of hydrogen-bond donors (Lipinski definition) is 1. The van der Waals surface area contributed by atoms with Gasteiger partial charge >= 0.3 is 0 Å². The molecule has 24 heavy (non-hydrogen) atoms. The number of carbonyl (C=O) groups excluding carboxylic acids is 1. The molecule has 1 heterocycles. The molecule has 0 unspecified atom stereocenters. The Morgan fingerprint density at radius 2 is 1.96 bits per heavy atom. The van der Waals surface area contributed by atoms with Crippen molar-refractivity contribution in [3.63, 3.8) is 0 Å². The predicted molar refractivity (Wildman–Crippen MR) is 102 cm³/mol. The third kappa shape index (κ3) is 5.04. The van der Waals surface area contributed by atoms with Crippen molar-refractivity contribution < 1.29 is 9.53 Å². The van der Waals surface area contributed by atoms with E-state index in [2.05, 4.69) is 16.4 Å². The highest BCUT2D eigenvalue weighted by molar-refractivity contribution is 8.38. The average Bonchev–Trinajstić information content (AvgIpc) is 2.64. The van der Waals surface area contributed by atoms with E-state index in [0.29, 0.717) is 18.9 Å². The van der Waals surface area contributed by atoms with E-state index in [4.69, 9.17) is 4.74 Å². The smallest absolute Gasteiger partial charge is 0.230 e. The minimum atomic E-state index is -0.00109. The second kappa shape index (κ2) is 8.80. The van der Waals surface area contributed by atoms with Crippen LogP contribution in [0.5, 0.6) is 5.75 Å². The molecule has 0 spiro atoms. The summed E-state index contributed by atoms with van der Waals surface area (Å²) in [5.41, 5.74) is 2.25. The average molecular weight is 358 g/mol. The van der Waals surface area contributed by atoms with Crippen LogP contribution in [-0.2, 0) is 10.5 Å². The molecule has 0 atom stereocenters. The number of amides is 1. The van der Waals surface area contributed by atoms with Crippen molar-refractivity contribution in [1.82, 2.24) is 5.32 Å². The summed E-state index contributed by atoms with van der Waals surface area (Å²) in [4.78, 5) is 16.5. The molecule has 0 radical (unpaired) electrons. The Morgan fingerprint density at radius 3 is 2.83 bits per heavy atom. The lowest BCUT2D eigenvalue weighted by Gasteiger charge is -2.14. The van der Waals surface area contributed by atoms with E-state index in [1.165, 1.54) is 17.3 Å². The molecule has 0 aromatic heterocycles. The van der Waals surface area contributed by atoms with Gasteiger partial charge in [-0.1, -0.05) is 59.9 Å². The van der Waals surface area contributed by atoms with Crippen LogP contribution in [0.25, 0.3) is 0 Å². The lowest BCUT2D eigenvalue weighted by Crippen LogP contribution is -2.29. The third-order valence-electron chi connectivity index (χ3n) is 3.32. The highest BCUT2D eigenvalue weighted by Gasteiger charge is 2.13. The Labute approximate surface area is 150 Å². The van der Waals surface area contributed by atoms with Crippen molar-refractivity contribution in [2.45, 2.75) is 5.75 Å². The number of hydrogen-bond acceptors (Lipinski definition) is 5. The Bertz CT molecular complexity index is 720. The molecular formula is C18H18N2O2S2. The summed E-state index contributed by atoms with van der Waals surface area (Å²) >= 11 is 3.17. The maximum atomic E-state index is 11.9. The number of thioether (sulfide) groups is 2. The van der Waals surface area contributed by atoms with Crippen molar-refractivity contribution in [3.8, 4) is 5.75 Å². The largest absolute Gasteiger partial charge is 0.492 e. The minimum absolute atomic E-state index is 0.00109. The molecule has 0 aliphatic carbocycles. The van der Waals surface area contributed by atoms with Gasteiger partial charge in [-0.3, -0.25) is 4.79 Å². The first kappa shape index (κ1) is 16.9. The van der Waals surface area contributed by atoms with Crippen LogP contribution in [0.3, 0.4) is 0 Å². The zero-order valence-electron chi connectivity index (χ0n) is 13.1. The standard InChI is InChI=1S/C18H18N2O2S2/c21-17(19-10-11-22-15-7-2-1-3-8-15)13-24-18-20-16-9-5-4-6-14(16)12-23-18/h1-9H,10-13H2,(H,19,21). The van der Waals surface area contributed by atoms with E-state index < -0.39 is 0 Å². The van der Waals surface area contributed by atoms with Crippen LogP contribution in [0.15, 0.2) is 59.6 Å². The van der Waals surface area contributed by atoms with Crippen molar-refractivity contribution in [2.24, 2.45) is 4.99 Å². The number of para-hydroxylation sites is 2. The van der Waals surface area contributed by atoms with Gasteiger partial charge in [0.1, 0.15) is 16.7 Å². The fourth-order valence-corrected chi connectivity index (χ4v) is 4.03. The topological polar surface area (TPSA) is 50.7 Å². The summed E-state index contributed by atoms with van der Waals surface area (Å²) in [7, 11) is 0. The van der Waals surface area contributed by atoms with Crippen LogP contribution in [-0.4, -0.2) is 29.2 Å². The molecule has 1 aliphatic rings. The van der Waals surface area contributed by atoms with Gasteiger partial charge in [-0.2, -0.15) is 0 Å². The summed E-state index contributed by atoms with van der Waals surface area (Å²) in [6.45, 7) is 0.959. The van der Waals surface area contributed by atoms with Crippen LogP contribution in [0, 0.1) is 0 Å². The van der Waals surface area contributed by atoms with Gasteiger partial charge in [0.15, 0.2) is 0 Å². The fourth-order valence-electron chi connectivity index (χ4n) is 2.14. The quantitative estimate of drug-likeness (QED) is 0.797. The monoisotopic (exact) mass is 358 g/mol. The third-order valence-corrected chi connectivity index (χ3v) is 5.56. The van der Waals surface area contributed by atoms with Crippen LogP contribution < -0.4 is 10.1 Å². The lowest BCUT2D eigenvalue weighted by atomic mass is 10.2. The SMILES string of the molecule is O=C(CSC1=Nc2ccccc2CS1)NCCOc1ccccc1. The van der Waals surface area contributed by atoms with Gasteiger partial charge in [-0.15, -0.1) is 0 Å². The molecule has 1 aliphatic heterocycles. The van der Waals surface area contributed by atoms with E-state index in [0.717, 1.165) is 21.6 Å². The number of rotatable bonds is 6. The molecule has 124 valence electrons. The van der Waals surface area contributed by atoms with Gasteiger partial charge in [0.2, 0.25) is 5.91 Å². The molecule has 2 aromatic rings. The number of benzene rings is 2. The Balaban J connectivity index is 1.36. The highest BCUT2D eigenvalue weighted by Crippen LogP contribution is 2.34. The maximum Gasteiger partial charge on any atom is 0.230 e. The first-order valence-electron chi connectivity index (χ1n) is 7.68. The van der Waals surface area contributed by atoms with Gasteiger partial charge in [0, 0.05) is 5.75 Å². The van der Waals surface area contributed by atoms with Gasteiger partial charge in [-0.25, -0.2) is 4.99 Å². The molecule has 1 N–H and O–H groups in total. The highest BCUT2D eigenvalue weighted by atomic mass is 32.2. The van der Waals surface area contributed by atoms with E-state index >= 15 is 0 Å². The Kier molecular flexibility index (Phi) is 6.20. The molecule has 6 heteroatoms. The number of carbonyl (C=O) groups is 1. The number of nitrogens with one attached hydrogen (secondary N) is 1. The van der Waals surface area contributed by atoms with Gasteiger partial charge in [-0.05, 0) is 23.8 Å². The normalized spacial score (nSPS) is 12.9. The summed E-state index contributed by atoms with van der Waals surface area (Å²) in [6.07, 6.45) is 0. The summed E-state index contributed by atoms with van der Waals surface area (Å²) in [5.74, 6) is 2.10. The minimum Gasteiger partial charge on any atom is -0.492 e. The zero-order chi connectivity index (χ0) is 16.6. The lowest BCUT2D eigenvalue weighted by molar-refractivity contribution is -0.118. The van der Waals surface area contributed by atoms with Gasteiger partial charge in [0.05, 0.1) is 18.0 Å². The Hall–Kier alpha value is -1.92. The van der Waals surface area contributed by atoms with Gasteiger partial charge in [0.25, 0.3) is 0 Å². The van der Waals surface area contributed by atoms with Crippen LogP contribution >= 0.6 is 23.5 Å². The molecule has 3 rings (SSSR count). The van der Waals surface area contributed by atoms with E-state index in [1.54, 1.807) is 11.8 Å². The molecule has 0 fully saturated rings. The summed E-state index contributed by atoms with van der Waals surface area (Å²) in [6, 6.07) is 17.7. The van der Waals surface area contributed by atoms with Crippen molar-refractivity contribution >= 4 is 39.5 Å². The molecule has 1 amide bonds. The Morgan fingerprint density at radius 1 is 1.17 bits per heavy atom. The van der Waals surface area contributed by atoms with Crippen LogP contribution in [0.2, 0.25) is 0 Å². The van der Waals surface area contributed by atoms with Crippen LogP contribution in [0.1, 0.15) is 5.56 Å². The second-order valence-corrected chi connectivity index (χ2v) is 7.28. The molecule has 2 aromatic carbocycles. The number of nitrogens with zero attached hydrogens (tertiary/aromatic N) is 1. The zero-order valence-corrected chi connectivity index (χ0v) is 14.7. The van der Waals surface area contributed by atoms with Crippen LogP contribution in [0.4, 0.5) is 5.69 Å². The molecule has 0 bridgehead atoms. The number of ether oxygens (including phenoxy) is 1. The number of fused-ring (bicyclic) bond motifs is 1. The van der Waals surface area contributed by atoms with E-state index in [-0.39, 0.29) is 5.91 Å². The van der Waals surface area contributed by atoms with E-state index in [1.807, 2.05) is 48.5 Å². The molecular weight excluding hydrogens is 340 g/mol. The summed E-state index contributed by atoms with van der Waals surface area (Å²) < 4.78 is 6.49. The van der Waals surface area contributed by atoms with E-state index in [9.17, 15) is 4.79 Å². The van der Waals surface area contributed by atoms with Crippen molar-refractivity contribution in [2.75, 3.05) is 18.9 Å². The van der Waals surface area contributed by atoms with Crippen molar-refractivity contribution in [3.05, 3.63) is 60.2 Å². The molecule has 4 nitrogen and oxygen atoms in total. The molecule has 0 saturated carbocycles. The predicted octanol–water partition coefficient (Wildman–Crippen LogP) is 3.85.